The van der Waals surface area contributed by atoms with Crippen molar-refractivity contribution in [2.45, 2.75) is 161 Å². The summed E-state index contributed by atoms with van der Waals surface area (Å²) in [5, 5.41) is 0. The third-order valence-corrected chi connectivity index (χ3v) is 8.49. The summed E-state index contributed by atoms with van der Waals surface area (Å²) in [4.78, 5) is 50.2. The number of hydrogen-bond acceptors (Lipinski definition) is 8. The van der Waals surface area contributed by atoms with Gasteiger partial charge in [-0.25, -0.2) is 0 Å². The molecule has 8 nitrogen and oxygen atoms in total. The fourth-order valence-corrected chi connectivity index (χ4v) is 5.98. The van der Waals surface area contributed by atoms with Crippen LogP contribution < -0.4 is 0 Å². The van der Waals surface area contributed by atoms with E-state index in [1.807, 2.05) is 0 Å². The summed E-state index contributed by atoms with van der Waals surface area (Å²) in [6.45, 7) is 6.19. The van der Waals surface area contributed by atoms with Gasteiger partial charge in [-0.2, -0.15) is 0 Å². The second kappa shape index (κ2) is 19.9. The van der Waals surface area contributed by atoms with Crippen LogP contribution in [-0.4, -0.2) is 48.8 Å². The van der Waals surface area contributed by atoms with Gasteiger partial charge in [-0.15, -0.1) is 0 Å². The van der Waals surface area contributed by atoms with Gasteiger partial charge < -0.3 is 18.9 Å². The summed E-state index contributed by atoms with van der Waals surface area (Å²) in [6.07, 6.45) is 19.6. The molecule has 0 aromatic carbocycles. The number of hydrogen-bond donors (Lipinski definition) is 0. The number of cyclic esters (lactones) is 2. The lowest BCUT2D eigenvalue weighted by molar-refractivity contribution is -0.164. The van der Waals surface area contributed by atoms with E-state index >= 15 is 0 Å². The highest BCUT2D eigenvalue weighted by atomic mass is 16.6. The molecular weight excluding hydrogens is 524 g/mol. The van der Waals surface area contributed by atoms with Gasteiger partial charge in [0.25, 0.3) is 0 Å². The molecule has 41 heavy (non-hydrogen) atoms. The van der Waals surface area contributed by atoms with Gasteiger partial charge >= 0.3 is 23.9 Å². The Morgan fingerprint density at radius 1 is 0.683 bits per heavy atom. The fraction of sp³-hybridized carbons (Fsp3) is 0.879. The Bertz CT molecular complexity index is 780. The van der Waals surface area contributed by atoms with Crippen LogP contribution in [0.25, 0.3) is 0 Å². The first-order valence-electron chi connectivity index (χ1n) is 16.6. The minimum Gasteiger partial charge on any atom is -0.462 e. The lowest BCUT2D eigenvalue weighted by Gasteiger charge is -2.28. The molecule has 2 fully saturated rings. The van der Waals surface area contributed by atoms with E-state index in [4.69, 9.17) is 18.9 Å². The number of carbonyl (C=O) groups excluding carboxylic acids is 4. The van der Waals surface area contributed by atoms with E-state index in [1.54, 1.807) is 0 Å². The maximum absolute atomic E-state index is 12.8. The number of unbranched alkanes of at least 4 members (excludes halogenated alkanes) is 12. The standard InChI is InChI=1S/C33H56O8/c1-4-7-10-13-16-19-26-24-27(31(36)40-26)29(34)38-22-23-39-30(35)28-25-33(41-32(28)37,20-17-14-11-8-5-2)21-18-15-12-9-6-3/h26-28H,4-25H2,1-3H3. The van der Waals surface area contributed by atoms with Crippen molar-refractivity contribution in [3.63, 3.8) is 0 Å². The zero-order chi connectivity index (χ0) is 29.9. The van der Waals surface area contributed by atoms with Gasteiger partial charge in [0.15, 0.2) is 11.8 Å². The largest absolute Gasteiger partial charge is 0.462 e. The van der Waals surface area contributed by atoms with E-state index in [2.05, 4.69) is 20.8 Å². The van der Waals surface area contributed by atoms with Gasteiger partial charge in [0.05, 0.1) is 0 Å². The van der Waals surface area contributed by atoms with Crippen LogP contribution >= 0.6 is 0 Å². The topological polar surface area (TPSA) is 105 Å². The molecule has 2 aliphatic heterocycles. The maximum Gasteiger partial charge on any atom is 0.321 e. The number of carbonyl (C=O) groups is 4. The van der Waals surface area contributed by atoms with E-state index in [9.17, 15) is 19.2 Å². The SMILES string of the molecule is CCCCCCCC1CC(C(=O)OCCOC(=O)C2CC(CCCCCCC)(CCCCCCC)OC2=O)C(=O)O1. The minimum atomic E-state index is -0.945. The van der Waals surface area contributed by atoms with Crippen LogP contribution in [0.5, 0.6) is 0 Å². The molecule has 0 aromatic rings. The molecular formula is C33H56O8. The summed E-state index contributed by atoms with van der Waals surface area (Å²) >= 11 is 0. The quantitative estimate of drug-likeness (QED) is 0.0533. The van der Waals surface area contributed by atoms with Crippen molar-refractivity contribution in [2.24, 2.45) is 11.8 Å². The van der Waals surface area contributed by atoms with E-state index in [0.29, 0.717) is 12.8 Å². The van der Waals surface area contributed by atoms with Crippen LogP contribution in [0.15, 0.2) is 0 Å². The summed E-state index contributed by atoms with van der Waals surface area (Å²) in [5.74, 6) is -4.20. The Morgan fingerprint density at radius 3 is 1.71 bits per heavy atom. The van der Waals surface area contributed by atoms with E-state index < -0.39 is 41.3 Å². The molecule has 2 aliphatic rings. The molecule has 3 unspecified atom stereocenters. The lowest BCUT2D eigenvalue weighted by atomic mass is 9.84. The molecule has 0 saturated carbocycles. The third kappa shape index (κ3) is 12.7. The Morgan fingerprint density at radius 2 is 1.17 bits per heavy atom. The molecule has 3 atom stereocenters. The molecule has 0 aromatic heterocycles. The van der Waals surface area contributed by atoms with Crippen LogP contribution in [0.3, 0.4) is 0 Å². The average Bonchev–Trinajstić information content (AvgIpc) is 3.49. The van der Waals surface area contributed by atoms with Crippen molar-refractivity contribution in [3.8, 4) is 0 Å². The van der Waals surface area contributed by atoms with Crippen LogP contribution in [0.4, 0.5) is 0 Å². The number of esters is 4. The van der Waals surface area contributed by atoms with Crippen molar-refractivity contribution >= 4 is 23.9 Å². The first-order valence-corrected chi connectivity index (χ1v) is 16.6. The first kappa shape index (κ1) is 35.1. The molecule has 0 amide bonds. The monoisotopic (exact) mass is 580 g/mol. The van der Waals surface area contributed by atoms with Gasteiger partial charge in [0, 0.05) is 12.8 Å². The highest BCUT2D eigenvalue weighted by Crippen LogP contribution is 2.40. The predicted octanol–water partition coefficient (Wildman–Crippen LogP) is 7.39. The second-order valence-corrected chi connectivity index (χ2v) is 12.1. The first-order chi connectivity index (χ1) is 19.9. The summed E-state index contributed by atoms with van der Waals surface area (Å²) in [6, 6.07) is 0. The van der Waals surface area contributed by atoms with Gasteiger partial charge in [-0.1, -0.05) is 97.8 Å². The van der Waals surface area contributed by atoms with Crippen molar-refractivity contribution in [1.29, 1.82) is 0 Å². The van der Waals surface area contributed by atoms with Crippen molar-refractivity contribution < 1.29 is 38.1 Å². The van der Waals surface area contributed by atoms with Gasteiger partial charge in [0.1, 0.15) is 24.9 Å². The van der Waals surface area contributed by atoms with Gasteiger partial charge in [0.2, 0.25) is 0 Å². The highest BCUT2D eigenvalue weighted by molar-refractivity contribution is 5.97. The van der Waals surface area contributed by atoms with Crippen molar-refractivity contribution in [3.05, 3.63) is 0 Å². The maximum atomic E-state index is 12.8. The summed E-state index contributed by atoms with van der Waals surface area (Å²) < 4.78 is 21.8. The van der Waals surface area contributed by atoms with Crippen LogP contribution in [0.1, 0.15) is 149 Å². The van der Waals surface area contributed by atoms with Crippen LogP contribution in [-0.2, 0) is 38.1 Å². The molecule has 236 valence electrons. The molecule has 0 N–H and O–H groups in total. The molecule has 0 aliphatic carbocycles. The van der Waals surface area contributed by atoms with E-state index in [-0.39, 0.29) is 19.3 Å². The Balaban J connectivity index is 1.75. The Kier molecular flexibility index (Phi) is 17.0. The molecule has 0 radical (unpaired) electrons. The van der Waals surface area contributed by atoms with Gasteiger partial charge in [-0.05, 0) is 38.5 Å². The van der Waals surface area contributed by atoms with Crippen molar-refractivity contribution in [2.75, 3.05) is 13.2 Å². The van der Waals surface area contributed by atoms with E-state index in [0.717, 1.165) is 57.8 Å². The van der Waals surface area contributed by atoms with Crippen LogP contribution in [0, 0.1) is 11.8 Å². The average molecular weight is 581 g/mol. The predicted molar refractivity (Wildman–Crippen MR) is 157 cm³/mol. The fourth-order valence-electron chi connectivity index (χ4n) is 5.98. The number of rotatable bonds is 23. The summed E-state index contributed by atoms with van der Waals surface area (Å²) in [7, 11) is 0. The molecule has 2 rings (SSSR count). The Hall–Kier alpha value is -2.12. The molecule has 8 heteroatoms. The third-order valence-electron chi connectivity index (χ3n) is 8.49. The highest BCUT2D eigenvalue weighted by Gasteiger charge is 2.49. The number of ether oxygens (including phenoxy) is 4. The normalized spacial score (nSPS) is 21.5. The zero-order valence-corrected chi connectivity index (χ0v) is 26.1. The lowest BCUT2D eigenvalue weighted by Crippen LogP contribution is -2.29. The second-order valence-electron chi connectivity index (χ2n) is 12.1. The summed E-state index contributed by atoms with van der Waals surface area (Å²) in [5.41, 5.74) is -0.596. The van der Waals surface area contributed by atoms with Gasteiger partial charge in [-0.3, -0.25) is 19.2 Å². The molecule has 2 saturated heterocycles. The molecule has 2 heterocycles. The smallest absolute Gasteiger partial charge is 0.321 e. The molecule has 0 bridgehead atoms. The molecule has 0 spiro atoms. The Labute approximate surface area is 248 Å². The van der Waals surface area contributed by atoms with E-state index in [1.165, 1.54) is 57.8 Å². The van der Waals surface area contributed by atoms with Crippen LogP contribution in [0.2, 0.25) is 0 Å². The zero-order valence-electron chi connectivity index (χ0n) is 26.1. The minimum absolute atomic E-state index is 0.169. The van der Waals surface area contributed by atoms with Crippen molar-refractivity contribution in [1.82, 2.24) is 0 Å².